The molecule has 0 saturated heterocycles. The van der Waals surface area contributed by atoms with Gasteiger partial charge in [-0.2, -0.15) is 0 Å². The smallest absolute Gasteiger partial charge is 0.307 e. The summed E-state index contributed by atoms with van der Waals surface area (Å²) in [5.41, 5.74) is 3.64. The molecule has 2 heterocycles. The summed E-state index contributed by atoms with van der Waals surface area (Å²) in [6.07, 6.45) is -0.0564. The first-order valence-electron chi connectivity index (χ1n) is 5.97. The molecule has 0 spiro atoms. The Morgan fingerprint density at radius 3 is 2.26 bits per heavy atom. The fourth-order valence-electron chi connectivity index (χ4n) is 1.93. The van der Waals surface area contributed by atoms with E-state index in [4.69, 9.17) is 5.11 Å². The number of rotatable bonds is 3. The fraction of sp³-hybridized carbons (Fsp3) is 0.286. The number of carboxylic acid groups (broad SMARTS) is 1. The van der Waals surface area contributed by atoms with Crippen molar-refractivity contribution in [3.63, 3.8) is 0 Å². The number of hydrogen-bond donors (Lipinski definition) is 1. The van der Waals surface area contributed by atoms with Gasteiger partial charge in [0.2, 0.25) is 0 Å². The van der Waals surface area contributed by atoms with Gasteiger partial charge in [-0.05, 0) is 32.9 Å². The second-order valence-corrected chi connectivity index (χ2v) is 4.43. The second kappa shape index (κ2) is 5.14. The van der Waals surface area contributed by atoms with Gasteiger partial charge in [-0.1, -0.05) is 6.07 Å². The average Bonchev–Trinajstić information content (AvgIpc) is 2.33. The molecule has 0 aliphatic rings. The molecule has 5 heteroatoms. The minimum Gasteiger partial charge on any atom is -0.481 e. The predicted octanol–water partition coefficient (Wildman–Crippen LogP) is 2.09. The lowest BCUT2D eigenvalue weighted by Crippen LogP contribution is -2.08. The highest BCUT2D eigenvalue weighted by atomic mass is 16.4. The molecule has 0 unspecified atom stereocenters. The largest absolute Gasteiger partial charge is 0.481 e. The van der Waals surface area contributed by atoms with E-state index in [1.54, 1.807) is 13.8 Å². The summed E-state index contributed by atoms with van der Waals surface area (Å²) in [4.78, 5) is 23.9. The Kier molecular flexibility index (Phi) is 3.55. The minimum absolute atomic E-state index is 0.0564. The molecule has 0 fully saturated rings. The van der Waals surface area contributed by atoms with Crippen LogP contribution in [0.2, 0.25) is 0 Å². The molecule has 0 amide bonds. The number of nitrogens with zero attached hydrogens (tertiary/aromatic N) is 3. The summed E-state index contributed by atoms with van der Waals surface area (Å²) in [7, 11) is 0. The number of aryl methyl sites for hydroxylation is 3. The summed E-state index contributed by atoms with van der Waals surface area (Å²) in [6, 6.07) is 5.65. The lowest BCUT2D eigenvalue weighted by molar-refractivity contribution is -0.136. The SMILES string of the molecule is Cc1cccc(-c2nc(C)c(CC(=O)O)c(C)n2)n1. The maximum atomic E-state index is 10.8. The molecule has 1 N–H and O–H groups in total. The van der Waals surface area contributed by atoms with Crippen LogP contribution in [0.1, 0.15) is 22.6 Å². The van der Waals surface area contributed by atoms with E-state index >= 15 is 0 Å². The average molecular weight is 257 g/mol. The molecule has 2 rings (SSSR count). The third kappa shape index (κ3) is 2.93. The van der Waals surface area contributed by atoms with E-state index in [9.17, 15) is 4.79 Å². The monoisotopic (exact) mass is 257 g/mol. The van der Waals surface area contributed by atoms with Gasteiger partial charge in [0.05, 0.1) is 6.42 Å². The van der Waals surface area contributed by atoms with Gasteiger partial charge in [0.25, 0.3) is 0 Å². The van der Waals surface area contributed by atoms with Crippen molar-refractivity contribution in [1.82, 2.24) is 15.0 Å². The predicted molar refractivity (Wildman–Crippen MR) is 70.8 cm³/mol. The van der Waals surface area contributed by atoms with Gasteiger partial charge >= 0.3 is 5.97 Å². The third-order valence-electron chi connectivity index (χ3n) is 2.87. The Hall–Kier alpha value is -2.30. The van der Waals surface area contributed by atoms with Crippen molar-refractivity contribution in [3.05, 3.63) is 40.8 Å². The Morgan fingerprint density at radius 1 is 1.11 bits per heavy atom. The van der Waals surface area contributed by atoms with Crippen LogP contribution in [-0.4, -0.2) is 26.0 Å². The second-order valence-electron chi connectivity index (χ2n) is 4.43. The summed E-state index contributed by atoms with van der Waals surface area (Å²) >= 11 is 0. The third-order valence-corrected chi connectivity index (χ3v) is 2.87. The van der Waals surface area contributed by atoms with Gasteiger partial charge < -0.3 is 5.11 Å². The van der Waals surface area contributed by atoms with Gasteiger partial charge in [-0.15, -0.1) is 0 Å². The van der Waals surface area contributed by atoms with Crippen molar-refractivity contribution in [2.75, 3.05) is 0 Å². The molecule has 2 aromatic heterocycles. The van der Waals surface area contributed by atoms with Gasteiger partial charge in [0, 0.05) is 22.6 Å². The van der Waals surface area contributed by atoms with Crippen LogP contribution < -0.4 is 0 Å². The summed E-state index contributed by atoms with van der Waals surface area (Å²) in [5, 5.41) is 8.87. The molecule has 0 bridgehead atoms. The molecular formula is C14H15N3O2. The lowest BCUT2D eigenvalue weighted by Gasteiger charge is -2.09. The van der Waals surface area contributed by atoms with E-state index in [1.807, 2.05) is 25.1 Å². The number of aliphatic carboxylic acids is 1. The minimum atomic E-state index is -0.878. The van der Waals surface area contributed by atoms with Crippen LogP contribution >= 0.6 is 0 Å². The van der Waals surface area contributed by atoms with Crippen molar-refractivity contribution in [2.24, 2.45) is 0 Å². The maximum Gasteiger partial charge on any atom is 0.307 e. The quantitative estimate of drug-likeness (QED) is 0.911. The van der Waals surface area contributed by atoms with E-state index in [0.717, 1.165) is 5.69 Å². The van der Waals surface area contributed by atoms with Crippen LogP contribution in [0.15, 0.2) is 18.2 Å². The van der Waals surface area contributed by atoms with E-state index in [0.29, 0.717) is 28.5 Å². The molecular weight excluding hydrogens is 242 g/mol. The van der Waals surface area contributed by atoms with E-state index in [2.05, 4.69) is 15.0 Å². The van der Waals surface area contributed by atoms with E-state index in [1.165, 1.54) is 0 Å². The zero-order valence-electron chi connectivity index (χ0n) is 11.1. The Bertz CT molecular complexity index is 615. The Morgan fingerprint density at radius 2 is 1.74 bits per heavy atom. The van der Waals surface area contributed by atoms with Crippen molar-refractivity contribution in [2.45, 2.75) is 27.2 Å². The van der Waals surface area contributed by atoms with Crippen LogP contribution in [0.3, 0.4) is 0 Å². The van der Waals surface area contributed by atoms with E-state index < -0.39 is 5.97 Å². The molecule has 98 valence electrons. The molecule has 2 aromatic rings. The first-order valence-corrected chi connectivity index (χ1v) is 5.97. The highest BCUT2D eigenvalue weighted by Crippen LogP contribution is 2.17. The molecule has 5 nitrogen and oxygen atoms in total. The van der Waals surface area contributed by atoms with Gasteiger partial charge in [0.15, 0.2) is 5.82 Å². The lowest BCUT2D eigenvalue weighted by atomic mass is 10.1. The number of aromatic nitrogens is 3. The van der Waals surface area contributed by atoms with Crippen molar-refractivity contribution < 1.29 is 9.90 Å². The van der Waals surface area contributed by atoms with Crippen LogP contribution in [-0.2, 0) is 11.2 Å². The van der Waals surface area contributed by atoms with Crippen molar-refractivity contribution in [3.8, 4) is 11.5 Å². The molecule has 0 radical (unpaired) electrons. The molecule has 19 heavy (non-hydrogen) atoms. The number of hydrogen-bond acceptors (Lipinski definition) is 4. The molecule has 0 saturated carbocycles. The molecule has 0 aliphatic carbocycles. The summed E-state index contributed by atoms with van der Waals surface area (Å²) in [6.45, 7) is 5.50. The maximum absolute atomic E-state index is 10.8. The van der Waals surface area contributed by atoms with Crippen molar-refractivity contribution in [1.29, 1.82) is 0 Å². The number of carbonyl (C=O) groups is 1. The number of carboxylic acids is 1. The Balaban J connectivity index is 2.48. The summed E-state index contributed by atoms with van der Waals surface area (Å²) in [5.74, 6) is -0.343. The summed E-state index contributed by atoms with van der Waals surface area (Å²) < 4.78 is 0. The van der Waals surface area contributed by atoms with Crippen LogP contribution in [0, 0.1) is 20.8 Å². The highest BCUT2D eigenvalue weighted by Gasteiger charge is 2.13. The van der Waals surface area contributed by atoms with Crippen LogP contribution in [0.4, 0.5) is 0 Å². The first-order chi connectivity index (χ1) is 8.97. The zero-order chi connectivity index (χ0) is 14.0. The highest BCUT2D eigenvalue weighted by molar-refractivity contribution is 5.71. The Labute approximate surface area is 111 Å². The molecule has 0 atom stereocenters. The zero-order valence-corrected chi connectivity index (χ0v) is 11.1. The normalized spacial score (nSPS) is 10.5. The van der Waals surface area contributed by atoms with E-state index in [-0.39, 0.29) is 6.42 Å². The van der Waals surface area contributed by atoms with Gasteiger partial charge in [-0.25, -0.2) is 15.0 Å². The van der Waals surface area contributed by atoms with Gasteiger partial charge in [0.1, 0.15) is 5.69 Å². The standard InChI is InChI=1S/C14H15N3O2/c1-8-5-4-6-12(15-8)14-16-9(2)11(7-13(18)19)10(3)17-14/h4-6H,7H2,1-3H3,(H,18,19). The topological polar surface area (TPSA) is 76.0 Å². The van der Waals surface area contributed by atoms with Crippen LogP contribution in [0.5, 0.6) is 0 Å². The van der Waals surface area contributed by atoms with Crippen molar-refractivity contribution >= 4 is 5.97 Å². The molecule has 0 aromatic carbocycles. The van der Waals surface area contributed by atoms with Crippen LogP contribution in [0.25, 0.3) is 11.5 Å². The molecule has 0 aliphatic heterocycles. The number of pyridine rings is 1. The first kappa shape index (κ1) is 13.1. The fourth-order valence-corrected chi connectivity index (χ4v) is 1.93. The van der Waals surface area contributed by atoms with Gasteiger partial charge in [-0.3, -0.25) is 4.79 Å².